The second-order valence-electron chi connectivity index (χ2n) is 22.9. The molecule has 6 rings (SSSR count). The van der Waals surface area contributed by atoms with Crippen LogP contribution in [0.3, 0.4) is 0 Å². The lowest BCUT2D eigenvalue weighted by atomic mass is 9.74. The summed E-state index contributed by atoms with van der Waals surface area (Å²) in [4.78, 5) is 48.8. The van der Waals surface area contributed by atoms with Crippen LogP contribution < -0.4 is 16.0 Å². The van der Waals surface area contributed by atoms with Crippen LogP contribution in [0.2, 0.25) is 0 Å². The number of aliphatic hydroxyl groups excluding tert-OH is 1. The summed E-state index contributed by atoms with van der Waals surface area (Å²) in [6, 6.07) is 15.7. The molecule has 0 radical (unpaired) electrons. The molecule has 18 atom stereocenters. The summed E-state index contributed by atoms with van der Waals surface area (Å²) in [5.74, 6) is -3.18. The fraction of sp³-hybridized carbons (Fsp3) is 0.732. The number of carbonyl (C=O) groups excluding carboxylic acids is 3. The number of rotatable bonds is 12. The summed E-state index contributed by atoms with van der Waals surface area (Å²) in [6.45, 7) is 21.0. The van der Waals surface area contributed by atoms with Crippen LogP contribution in [0.4, 0.5) is 21.0 Å². The molecule has 0 saturated carbocycles. The van der Waals surface area contributed by atoms with Crippen molar-refractivity contribution in [2.24, 2.45) is 17.8 Å². The smallest absolute Gasteiger partial charge is 0.412 e. The molecule has 0 unspecified atom stereocenters. The molecule has 428 valence electrons. The molecule has 4 aliphatic heterocycles. The number of likely N-dealkylation sites (N-methyl/N-ethyl adjacent to an activating group) is 2. The van der Waals surface area contributed by atoms with E-state index in [2.05, 4.69) is 32.8 Å². The number of nitrogens with zero attached hydrogens (tertiary/aromatic N) is 3. The van der Waals surface area contributed by atoms with Crippen molar-refractivity contribution in [2.45, 2.75) is 185 Å². The number of ether oxygens (including phenoxy) is 7. The van der Waals surface area contributed by atoms with E-state index < -0.39 is 120 Å². The van der Waals surface area contributed by atoms with E-state index in [4.69, 9.17) is 33.2 Å². The van der Waals surface area contributed by atoms with Gasteiger partial charge in [-0.25, -0.2) is 9.59 Å². The average Bonchev–Trinajstić information content (AvgIpc) is 3.37. The largest absolute Gasteiger partial charge is 0.459 e. The average molecular weight is 1070 g/mol. The van der Waals surface area contributed by atoms with E-state index in [1.165, 1.54) is 11.8 Å². The molecule has 4 aliphatic rings. The van der Waals surface area contributed by atoms with Crippen LogP contribution >= 0.6 is 0 Å². The maximum atomic E-state index is 14.8. The van der Waals surface area contributed by atoms with Gasteiger partial charge < -0.3 is 74.0 Å². The number of methoxy groups -OCH3 is 1. The van der Waals surface area contributed by atoms with Gasteiger partial charge in [-0.3, -0.25) is 15.0 Å². The first-order chi connectivity index (χ1) is 35.7. The highest BCUT2D eigenvalue weighted by Gasteiger charge is 2.59. The Kier molecular flexibility index (Phi) is 20.8. The van der Waals surface area contributed by atoms with E-state index >= 15 is 0 Å². The predicted octanol–water partition coefficient (Wildman–Crippen LogP) is 5.03. The minimum Gasteiger partial charge on any atom is -0.459 e. The number of anilines is 2. The lowest BCUT2D eigenvalue weighted by Gasteiger charge is -2.55. The van der Waals surface area contributed by atoms with Gasteiger partial charge in [0.05, 0.1) is 42.0 Å². The lowest BCUT2D eigenvalue weighted by Crippen LogP contribution is -2.71. The summed E-state index contributed by atoms with van der Waals surface area (Å²) in [5, 5.41) is 58.4. The quantitative estimate of drug-likeness (QED) is 0.138. The fourth-order valence-corrected chi connectivity index (χ4v) is 11.7. The van der Waals surface area contributed by atoms with Crippen LogP contribution in [0.25, 0.3) is 0 Å². The first-order valence-electron chi connectivity index (χ1n) is 27.2. The zero-order valence-corrected chi connectivity index (χ0v) is 47.1. The second-order valence-corrected chi connectivity index (χ2v) is 22.9. The molecule has 2 aromatic rings. The maximum Gasteiger partial charge on any atom is 0.412 e. The van der Waals surface area contributed by atoms with Gasteiger partial charge in [-0.2, -0.15) is 0 Å². The number of para-hydroxylation sites is 2. The number of urea groups is 1. The van der Waals surface area contributed by atoms with E-state index in [0.29, 0.717) is 11.4 Å². The number of carbonyl (C=O) groups is 3. The van der Waals surface area contributed by atoms with Gasteiger partial charge in [0.2, 0.25) is 0 Å². The van der Waals surface area contributed by atoms with Gasteiger partial charge in [0.15, 0.2) is 18.7 Å². The Hall–Kier alpha value is -4.03. The van der Waals surface area contributed by atoms with Crippen molar-refractivity contribution in [3.8, 4) is 0 Å². The number of amides is 3. The predicted molar refractivity (Wildman–Crippen MR) is 286 cm³/mol. The van der Waals surface area contributed by atoms with Crippen molar-refractivity contribution in [1.29, 1.82) is 0 Å². The third-order valence-electron chi connectivity index (χ3n) is 16.7. The fourth-order valence-electron chi connectivity index (χ4n) is 11.7. The third kappa shape index (κ3) is 14.4. The van der Waals surface area contributed by atoms with E-state index in [9.17, 15) is 34.8 Å². The van der Waals surface area contributed by atoms with Crippen molar-refractivity contribution >= 4 is 29.5 Å². The molecule has 4 heterocycles. The molecule has 3 amide bonds. The Morgan fingerprint density at radius 1 is 0.855 bits per heavy atom. The first-order valence-corrected chi connectivity index (χ1v) is 27.2. The number of benzene rings is 2. The highest BCUT2D eigenvalue weighted by molar-refractivity contribution is 5.89. The zero-order chi connectivity index (χ0) is 55.9. The molecule has 0 aromatic heterocycles. The van der Waals surface area contributed by atoms with E-state index in [1.807, 2.05) is 32.9 Å². The van der Waals surface area contributed by atoms with Crippen LogP contribution in [0, 0.1) is 17.8 Å². The maximum absolute atomic E-state index is 14.8. The van der Waals surface area contributed by atoms with Crippen molar-refractivity contribution in [3.63, 3.8) is 0 Å². The molecule has 2 aromatic carbocycles. The molecule has 4 fully saturated rings. The Morgan fingerprint density at radius 2 is 1.46 bits per heavy atom. The molecule has 0 bridgehead atoms. The first kappa shape index (κ1) is 61.2. The van der Waals surface area contributed by atoms with Crippen molar-refractivity contribution in [1.82, 2.24) is 20.0 Å². The van der Waals surface area contributed by atoms with Crippen molar-refractivity contribution in [2.75, 3.05) is 71.1 Å². The van der Waals surface area contributed by atoms with Crippen LogP contribution in [-0.2, 0) is 38.0 Å². The van der Waals surface area contributed by atoms with E-state index in [1.54, 1.807) is 104 Å². The van der Waals surface area contributed by atoms with E-state index in [-0.39, 0.29) is 44.7 Å². The molecule has 7 N–H and O–H groups in total. The standard InChI is InChI=1S/C56H90N6O14/c1-14-43-55(10,68)47(63)38(6)57-32-34(2)30-53(8,67)48(36(4)45(37(5)49(64)73-43)74-44-31-54(9,70-13)56(69,39(7)72-44)33-62-27-25-60(11)26-28-62)76-50-46(75-52(66)59-41-23-19-16-20-24-41)42(29-35(3)71-50)61(12)51(65)58-40-21-17-15-18-22-40/h15-24,34-39,42-48,50,57,63,67-69H,14,25-33H2,1-13H3,(H,58,65)(H,59,66)/t34-,35-,36+,37-,38-,39+,42+,43-,44+,45+,46-,47-,48-,50+,53-,54-,55-,56+/m1/s1. The Labute approximate surface area is 450 Å². The SMILES string of the molecule is CC[C@H]1OC(=O)[C@H](C)[C@@H](O[C@H]2C[C@@](C)(OC)[C@](O)(CN3CCN(C)CC3)[C@H](C)O2)[C@H](C)[C@@H](O[C@@H]2O[C@H](C)C[C@H](N(C)C(=O)Nc3ccccc3)[C@H]2OC(=O)Nc2ccccc2)[C@](C)(O)C[C@@H](C)CN[C@H](C)[C@@H](O)[C@]1(C)O. The normalized spacial score (nSPS) is 39.7. The molecule has 20 nitrogen and oxygen atoms in total. The lowest BCUT2D eigenvalue weighted by molar-refractivity contribution is -0.339. The monoisotopic (exact) mass is 1070 g/mol. The van der Waals surface area contributed by atoms with Gasteiger partial charge in [0.25, 0.3) is 0 Å². The van der Waals surface area contributed by atoms with Crippen LogP contribution in [0.15, 0.2) is 60.7 Å². The number of cyclic esters (lactones) is 1. The minimum absolute atomic E-state index is 0.0266. The summed E-state index contributed by atoms with van der Waals surface area (Å²) in [5.41, 5.74) is -5.38. The van der Waals surface area contributed by atoms with Gasteiger partial charge in [0.1, 0.15) is 29.0 Å². The van der Waals surface area contributed by atoms with Gasteiger partial charge >= 0.3 is 18.1 Å². The third-order valence-corrected chi connectivity index (χ3v) is 16.7. The number of β-amino-alcohol motifs (C(OH)–C–C–N with tert-alkyl or cyclic N) is 1. The van der Waals surface area contributed by atoms with Gasteiger partial charge in [-0.1, -0.05) is 57.2 Å². The number of esters is 1. The van der Waals surface area contributed by atoms with Crippen LogP contribution in [0.5, 0.6) is 0 Å². The van der Waals surface area contributed by atoms with E-state index in [0.717, 1.165) is 26.2 Å². The molecule has 0 spiro atoms. The van der Waals surface area contributed by atoms with Crippen molar-refractivity contribution < 1.29 is 68.0 Å². The number of nitrogens with one attached hydrogen (secondary N) is 3. The summed E-state index contributed by atoms with van der Waals surface area (Å²) in [6.07, 6.45) is -10.6. The second kappa shape index (κ2) is 25.8. The minimum atomic E-state index is -1.89. The zero-order valence-electron chi connectivity index (χ0n) is 47.1. The molecule has 4 saturated heterocycles. The number of hydrogen-bond acceptors (Lipinski definition) is 17. The summed E-state index contributed by atoms with van der Waals surface area (Å²) in [7, 11) is 5.21. The van der Waals surface area contributed by atoms with Gasteiger partial charge in [-0.15, -0.1) is 0 Å². The molecular formula is C56H90N6O14. The highest BCUT2D eigenvalue weighted by Crippen LogP contribution is 2.44. The topological polar surface area (TPSA) is 243 Å². The number of hydrogen-bond donors (Lipinski definition) is 7. The number of piperazine rings is 1. The molecular weight excluding hydrogens is 981 g/mol. The summed E-state index contributed by atoms with van der Waals surface area (Å²) < 4.78 is 46.1. The summed E-state index contributed by atoms with van der Waals surface area (Å²) >= 11 is 0. The Bertz CT molecular complexity index is 2170. The molecule has 76 heavy (non-hydrogen) atoms. The van der Waals surface area contributed by atoms with Crippen LogP contribution in [0.1, 0.15) is 94.9 Å². The molecule has 0 aliphatic carbocycles. The Morgan fingerprint density at radius 3 is 2.05 bits per heavy atom. The van der Waals surface area contributed by atoms with Crippen LogP contribution in [-0.4, -0.2) is 203 Å². The Balaban J connectivity index is 1.43. The van der Waals surface area contributed by atoms with Gasteiger partial charge in [-0.05, 0) is 112 Å². The number of aliphatic hydroxyl groups is 4. The molecule has 20 heteroatoms. The van der Waals surface area contributed by atoms with Gasteiger partial charge in [0, 0.05) is 76.6 Å². The highest BCUT2D eigenvalue weighted by atomic mass is 16.7. The van der Waals surface area contributed by atoms with Crippen molar-refractivity contribution in [3.05, 3.63) is 60.7 Å².